The Morgan fingerprint density at radius 2 is 1.32 bits per heavy atom. The van der Waals surface area contributed by atoms with Gasteiger partial charge < -0.3 is 0 Å². The van der Waals surface area contributed by atoms with Gasteiger partial charge in [-0.3, -0.25) is 0 Å². The highest BCUT2D eigenvalue weighted by Crippen LogP contribution is 2.47. The average molecular weight is 320 g/mol. The van der Waals surface area contributed by atoms with Gasteiger partial charge in [-0.05, 0) is 67.2 Å². The molecule has 0 aromatic heterocycles. The minimum Gasteiger partial charge on any atom is -0.225 e. The maximum Gasteiger partial charge on any atom is 0.396 e. The quantitative estimate of drug-likeness (QED) is 0.396. The van der Waals surface area contributed by atoms with E-state index in [0.717, 1.165) is 6.42 Å². The fourth-order valence-corrected chi connectivity index (χ4v) is 1.59. The first-order chi connectivity index (χ1) is 9.79. The highest BCUT2D eigenvalue weighted by atomic mass is 17.5. The first-order valence-electron chi connectivity index (χ1n) is 7.89. The van der Waals surface area contributed by atoms with Crippen molar-refractivity contribution in [3.05, 3.63) is 0 Å². The second kappa shape index (κ2) is 6.71. The molecule has 6 nitrogen and oxygen atoms in total. The summed E-state index contributed by atoms with van der Waals surface area (Å²) >= 11 is 0. The third-order valence-electron chi connectivity index (χ3n) is 2.98. The molecule has 0 saturated carbocycles. The third kappa shape index (κ3) is 5.44. The minimum absolute atomic E-state index is 0.518. The molecule has 1 heterocycles. The van der Waals surface area contributed by atoms with Crippen molar-refractivity contribution in [3.63, 3.8) is 0 Å². The van der Waals surface area contributed by atoms with Crippen molar-refractivity contribution in [1.82, 2.24) is 0 Å². The fraction of sp³-hybridized carbons (Fsp3) is 1.00. The smallest absolute Gasteiger partial charge is 0.225 e. The van der Waals surface area contributed by atoms with Crippen molar-refractivity contribution in [3.8, 4) is 0 Å². The highest BCUT2D eigenvalue weighted by Gasteiger charge is 2.68. The van der Waals surface area contributed by atoms with E-state index < -0.39 is 22.8 Å². The number of hydrogen-bond donors (Lipinski definition) is 0. The zero-order valence-corrected chi connectivity index (χ0v) is 15.4. The van der Waals surface area contributed by atoms with Crippen LogP contribution >= 0.6 is 0 Å². The molecular formula is C16H32O6. The zero-order chi connectivity index (χ0) is 17.2. The van der Waals surface area contributed by atoms with Crippen LogP contribution in [0.3, 0.4) is 0 Å². The molecule has 1 unspecified atom stereocenters. The van der Waals surface area contributed by atoms with E-state index in [0.29, 0.717) is 12.3 Å². The van der Waals surface area contributed by atoms with Crippen LogP contribution in [0, 0.1) is 5.92 Å². The van der Waals surface area contributed by atoms with Gasteiger partial charge in [-0.15, -0.1) is 0 Å². The summed E-state index contributed by atoms with van der Waals surface area (Å²) in [6, 6.07) is 0. The summed E-state index contributed by atoms with van der Waals surface area (Å²) in [7, 11) is 0. The maximum absolute atomic E-state index is 5.48. The lowest BCUT2D eigenvalue weighted by Gasteiger charge is -2.51. The second-order valence-corrected chi connectivity index (χ2v) is 8.44. The Balaban J connectivity index is 2.81. The van der Waals surface area contributed by atoms with E-state index in [4.69, 9.17) is 29.3 Å². The lowest BCUT2D eigenvalue weighted by atomic mass is 9.92. The van der Waals surface area contributed by atoms with Crippen LogP contribution in [0.4, 0.5) is 0 Å². The number of hydrogen-bond acceptors (Lipinski definition) is 6. The molecule has 0 radical (unpaired) electrons. The van der Waals surface area contributed by atoms with Crippen molar-refractivity contribution >= 4 is 0 Å². The van der Waals surface area contributed by atoms with Crippen LogP contribution in [0.15, 0.2) is 0 Å². The van der Waals surface area contributed by atoms with Crippen molar-refractivity contribution in [2.75, 3.05) is 0 Å². The molecular weight excluding hydrogens is 288 g/mol. The Bertz CT molecular complexity index is 337. The summed E-state index contributed by atoms with van der Waals surface area (Å²) < 4.78 is 0. The molecule has 0 aliphatic carbocycles. The largest absolute Gasteiger partial charge is 0.396 e. The Morgan fingerprint density at radius 3 is 1.59 bits per heavy atom. The van der Waals surface area contributed by atoms with E-state index >= 15 is 0 Å². The summed E-state index contributed by atoms with van der Waals surface area (Å²) in [5, 5.41) is 0. The Hall–Kier alpha value is -0.240. The fourth-order valence-electron chi connectivity index (χ4n) is 1.59. The molecule has 0 aromatic carbocycles. The standard InChI is InChI=1S/C16H32O6/c1-12(2)10-11-15(9)16(22-19-15,20-17-13(3,4)5)21-18-14(6,7)8/h12H,10-11H2,1-9H3. The van der Waals surface area contributed by atoms with Gasteiger partial charge in [0.2, 0.25) is 0 Å². The van der Waals surface area contributed by atoms with Gasteiger partial charge in [0.1, 0.15) is 0 Å². The van der Waals surface area contributed by atoms with Crippen molar-refractivity contribution < 1.29 is 29.3 Å². The topological polar surface area (TPSA) is 55.4 Å². The van der Waals surface area contributed by atoms with E-state index in [-0.39, 0.29) is 0 Å². The molecule has 22 heavy (non-hydrogen) atoms. The molecule has 0 amide bonds. The van der Waals surface area contributed by atoms with Crippen molar-refractivity contribution in [2.24, 2.45) is 5.92 Å². The van der Waals surface area contributed by atoms with Crippen LogP contribution in [0.25, 0.3) is 0 Å². The van der Waals surface area contributed by atoms with Crippen LogP contribution in [0.5, 0.6) is 0 Å². The molecule has 6 heteroatoms. The van der Waals surface area contributed by atoms with E-state index in [1.165, 1.54) is 0 Å². The normalized spacial score (nSPS) is 25.4. The zero-order valence-electron chi connectivity index (χ0n) is 15.4. The summed E-state index contributed by atoms with van der Waals surface area (Å²) in [6.07, 6.45) is 1.62. The van der Waals surface area contributed by atoms with Crippen molar-refractivity contribution in [1.29, 1.82) is 0 Å². The summed E-state index contributed by atoms with van der Waals surface area (Å²) in [6.45, 7) is 17.4. The van der Waals surface area contributed by atoms with Crippen molar-refractivity contribution in [2.45, 2.75) is 97.9 Å². The van der Waals surface area contributed by atoms with E-state index in [1.54, 1.807) is 0 Å². The Morgan fingerprint density at radius 1 is 0.864 bits per heavy atom. The van der Waals surface area contributed by atoms with Crippen LogP contribution < -0.4 is 0 Å². The lowest BCUT2D eigenvalue weighted by molar-refractivity contribution is -0.754. The molecule has 132 valence electrons. The van der Waals surface area contributed by atoms with Crippen LogP contribution in [-0.4, -0.2) is 22.8 Å². The van der Waals surface area contributed by atoms with Gasteiger partial charge in [-0.2, -0.15) is 14.7 Å². The molecule has 0 bridgehead atoms. The monoisotopic (exact) mass is 320 g/mol. The number of rotatable bonds is 7. The molecule has 0 N–H and O–H groups in total. The molecule has 1 fully saturated rings. The van der Waals surface area contributed by atoms with Gasteiger partial charge in [-0.25, -0.2) is 14.7 Å². The molecule has 1 saturated heterocycles. The van der Waals surface area contributed by atoms with Gasteiger partial charge in [0, 0.05) is 0 Å². The van der Waals surface area contributed by atoms with Gasteiger partial charge in [0.25, 0.3) is 0 Å². The molecule has 1 aliphatic rings. The minimum atomic E-state index is -1.54. The van der Waals surface area contributed by atoms with E-state index in [9.17, 15) is 0 Å². The maximum atomic E-state index is 5.48. The molecule has 1 atom stereocenters. The van der Waals surface area contributed by atoms with Gasteiger partial charge in [-0.1, -0.05) is 13.8 Å². The average Bonchev–Trinajstić information content (AvgIpc) is 2.32. The summed E-state index contributed by atoms with van der Waals surface area (Å²) in [4.78, 5) is 32.2. The SMILES string of the molecule is CC(C)CCC1(C)OOC1(OOC(C)(C)C)OOC(C)(C)C. The van der Waals surface area contributed by atoms with Gasteiger partial charge in [0.05, 0.1) is 11.2 Å². The van der Waals surface area contributed by atoms with Gasteiger partial charge in [0.15, 0.2) is 5.60 Å². The van der Waals surface area contributed by atoms with E-state index in [2.05, 4.69) is 13.8 Å². The third-order valence-corrected chi connectivity index (χ3v) is 2.98. The Kier molecular flexibility index (Phi) is 6.04. The van der Waals surface area contributed by atoms with Crippen LogP contribution in [0.1, 0.15) is 75.2 Å². The van der Waals surface area contributed by atoms with Gasteiger partial charge >= 0.3 is 5.97 Å². The second-order valence-electron chi connectivity index (χ2n) is 8.44. The van der Waals surface area contributed by atoms with E-state index in [1.807, 2.05) is 48.5 Å². The predicted molar refractivity (Wildman–Crippen MR) is 81.2 cm³/mol. The molecule has 0 aromatic rings. The van der Waals surface area contributed by atoms with Crippen LogP contribution in [0.2, 0.25) is 0 Å². The Labute approximate surface area is 134 Å². The lowest BCUT2D eigenvalue weighted by Crippen LogP contribution is -2.69. The first kappa shape index (κ1) is 19.8. The first-order valence-corrected chi connectivity index (χ1v) is 7.89. The molecule has 0 spiro atoms. The highest BCUT2D eigenvalue weighted by molar-refractivity contribution is 4.89. The van der Waals surface area contributed by atoms with Crippen LogP contribution in [-0.2, 0) is 29.3 Å². The summed E-state index contributed by atoms with van der Waals surface area (Å²) in [5.74, 6) is -1.02. The molecule has 1 aliphatic heterocycles. The molecule has 1 rings (SSSR count). The summed E-state index contributed by atoms with van der Waals surface area (Å²) in [5.41, 5.74) is -1.85. The predicted octanol–water partition coefficient (Wildman–Crippen LogP) is 4.29.